The summed E-state index contributed by atoms with van der Waals surface area (Å²) >= 11 is 4.04. The molecule has 0 radical (unpaired) electrons. The summed E-state index contributed by atoms with van der Waals surface area (Å²) in [5.41, 5.74) is 0. The molecule has 0 atom stereocenters. The number of nitrogens with zero attached hydrogens (tertiary/aromatic N) is 1. The summed E-state index contributed by atoms with van der Waals surface area (Å²) in [5.74, 6) is 2.64. The average Bonchev–Trinajstić information content (AvgIpc) is 2.15. The van der Waals surface area contributed by atoms with Crippen LogP contribution in [0.25, 0.3) is 0 Å². The van der Waals surface area contributed by atoms with Crippen LogP contribution in [0.2, 0.25) is 0 Å². The van der Waals surface area contributed by atoms with Crippen LogP contribution in [0, 0.1) is 0 Å². The highest BCUT2D eigenvalue weighted by molar-refractivity contribution is 8.38. The Morgan fingerprint density at radius 3 is 2.11 bits per heavy atom. The van der Waals surface area contributed by atoms with Crippen LogP contribution in [-0.4, -0.2) is 33.5 Å². The Morgan fingerprint density at radius 1 is 1.11 bits per heavy atom. The second-order valence-electron chi connectivity index (χ2n) is 1.95. The van der Waals surface area contributed by atoms with Gasteiger partial charge < -0.3 is 17.0 Å². The summed E-state index contributed by atoms with van der Waals surface area (Å²) in [4.78, 5) is 0. The fourth-order valence-corrected chi connectivity index (χ4v) is 3.54. The lowest BCUT2D eigenvalue weighted by atomic mass is 10.6. The number of hydrogen-bond donors (Lipinski definition) is 0. The van der Waals surface area contributed by atoms with Gasteiger partial charge in [0.05, 0.1) is 11.5 Å². The van der Waals surface area contributed by atoms with E-state index in [1.807, 2.05) is 23.5 Å². The second kappa shape index (κ2) is 3.30. The van der Waals surface area contributed by atoms with E-state index >= 15 is 0 Å². The maximum absolute atomic E-state index is 2.48. The van der Waals surface area contributed by atoms with Gasteiger partial charge in [-0.1, -0.05) is 0 Å². The normalized spacial score (nSPS) is 24.0. The molecule has 0 bridgehead atoms. The summed E-state index contributed by atoms with van der Waals surface area (Å²) in [5, 5.41) is 0. The highest BCUT2D eigenvalue weighted by Crippen LogP contribution is 2.26. The smallest absolute Gasteiger partial charge is 0.270 e. The summed E-state index contributed by atoms with van der Waals surface area (Å²) in [7, 11) is 0. The third kappa shape index (κ3) is 1.46. The molecular formula is C5H8BrNS2. The van der Waals surface area contributed by atoms with Crippen LogP contribution in [0.3, 0.4) is 0 Å². The Balaban J connectivity index is 0.000000405. The predicted octanol–water partition coefficient (Wildman–Crippen LogP) is -2.15. The Hall–Kier alpha value is 0.850. The van der Waals surface area contributed by atoms with E-state index in [9.17, 15) is 0 Å². The van der Waals surface area contributed by atoms with Crippen molar-refractivity contribution in [2.24, 2.45) is 0 Å². The van der Waals surface area contributed by atoms with Gasteiger partial charge in [0.25, 0.3) is 4.38 Å². The second-order valence-corrected chi connectivity index (χ2v) is 4.38. The van der Waals surface area contributed by atoms with E-state index in [4.69, 9.17) is 0 Å². The SMILES string of the molecule is C1C[N+]2=C(S1)SCC2.[Br-]. The molecule has 0 unspecified atom stereocenters. The van der Waals surface area contributed by atoms with Crippen molar-refractivity contribution < 1.29 is 21.6 Å². The van der Waals surface area contributed by atoms with Crippen LogP contribution in [0.1, 0.15) is 0 Å². The predicted molar refractivity (Wildman–Crippen MR) is 39.9 cm³/mol. The Labute approximate surface area is 74.1 Å². The van der Waals surface area contributed by atoms with Crippen LogP contribution in [0.15, 0.2) is 0 Å². The lowest BCUT2D eigenvalue weighted by Crippen LogP contribution is -3.00. The highest BCUT2D eigenvalue weighted by Gasteiger charge is 2.28. The molecule has 0 spiro atoms. The molecule has 0 aromatic heterocycles. The van der Waals surface area contributed by atoms with Crippen molar-refractivity contribution in [2.75, 3.05) is 24.6 Å². The standard InChI is InChI=1S/C5H8NS2.BrH/c1-3-7-5-6(1)2-4-8-5;/h1-4H2;1H/q+1;/p-1. The average molecular weight is 226 g/mol. The van der Waals surface area contributed by atoms with E-state index in [2.05, 4.69) is 4.58 Å². The van der Waals surface area contributed by atoms with E-state index in [1.54, 1.807) is 4.38 Å². The van der Waals surface area contributed by atoms with Crippen LogP contribution < -0.4 is 17.0 Å². The molecule has 0 amide bonds. The first-order valence-electron chi connectivity index (χ1n) is 2.84. The number of halogens is 1. The first-order valence-corrected chi connectivity index (χ1v) is 4.81. The molecule has 2 heterocycles. The van der Waals surface area contributed by atoms with Crippen LogP contribution in [0.4, 0.5) is 0 Å². The molecule has 0 aromatic rings. The minimum Gasteiger partial charge on any atom is -1.00 e. The fourth-order valence-electron chi connectivity index (χ4n) is 1.00. The molecule has 0 fully saturated rings. The van der Waals surface area contributed by atoms with Crippen molar-refractivity contribution in [3.05, 3.63) is 0 Å². The van der Waals surface area contributed by atoms with Crippen molar-refractivity contribution in [3.8, 4) is 0 Å². The molecule has 0 saturated heterocycles. The van der Waals surface area contributed by atoms with Gasteiger partial charge in [0.2, 0.25) is 0 Å². The minimum absolute atomic E-state index is 0. The number of rotatable bonds is 0. The molecule has 2 aliphatic rings. The monoisotopic (exact) mass is 225 g/mol. The van der Waals surface area contributed by atoms with Gasteiger partial charge in [-0.25, -0.2) is 4.58 Å². The Bertz CT molecular complexity index is 118. The molecular weight excluding hydrogens is 218 g/mol. The summed E-state index contributed by atoms with van der Waals surface area (Å²) in [6, 6.07) is 0. The molecule has 52 valence electrons. The van der Waals surface area contributed by atoms with E-state index in [0.29, 0.717) is 0 Å². The Kier molecular flexibility index (Phi) is 2.92. The van der Waals surface area contributed by atoms with Crippen molar-refractivity contribution in [2.45, 2.75) is 0 Å². The molecule has 9 heavy (non-hydrogen) atoms. The topological polar surface area (TPSA) is 3.01 Å². The van der Waals surface area contributed by atoms with E-state index in [0.717, 1.165) is 0 Å². The molecule has 2 rings (SSSR count). The van der Waals surface area contributed by atoms with Crippen molar-refractivity contribution in [1.82, 2.24) is 0 Å². The lowest BCUT2D eigenvalue weighted by molar-refractivity contribution is -0.507. The lowest BCUT2D eigenvalue weighted by Gasteiger charge is -1.83. The van der Waals surface area contributed by atoms with E-state index < -0.39 is 0 Å². The number of hydrogen-bond acceptors (Lipinski definition) is 2. The quantitative estimate of drug-likeness (QED) is 0.433. The molecule has 2 aliphatic heterocycles. The zero-order valence-electron chi connectivity index (χ0n) is 4.97. The maximum Gasteiger partial charge on any atom is 0.270 e. The van der Waals surface area contributed by atoms with Gasteiger partial charge in [0.1, 0.15) is 0 Å². The molecule has 1 nitrogen and oxygen atoms in total. The van der Waals surface area contributed by atoms with Gasteiger partial charge in [0, 0.05) is 0 Å². The molecule has 0 saturated carbocycles. The summed E-state index contributed by atoms with van der Waals surface area (Å²) in [6.07, 6.45) is 0. The number of thioether (sulfide) groups is 2. The summed E-state index contributed by atoms with van der Waals surface area (Å²) < 4.78 is 4.06. The van der Waals surface area contributed by atoms with Gasteiger partial charge in [-0.2, -0.15) is 0 Å². The zero-order chi connectivity index (χ0) is 5.40. The minimum atomic E-state index is 0. The van der Waals surface area contributed by atoms with Gasteiger partial charge in [-0.3, -0.25) is 0 Å². The third-order valence-corrected chi connectivity index (χ3v) is 3.92. The van der Waals surface area contributed by atoms with Gasteiger partial charge in [-0.15, -0.1) is 0 Å². The zero-order valence-corrected chi connectivity index (χ0v) is 8.19. The van der Waals surface area contributed by atoms with Gasteiger partial charge >= 0.3 is 0 Å². The summed E-state index contributed by atoms with van der Waals surface area (Å²) in [6.45, 7) is 2.60. The first kappa shape index (κ1) is 7.95. The van der Waals surface area contributed by atoms with Crippen molar-refractivity contribution in [3.63, 3.8) is 0 Å². The van der Waals surface area contributed by atoms with Crippen LogP contribution >= 0.6 is 23.5 Å². The largest absolute Gasteiger partial charge is 1.00 e. The molecule has 0 aliphatic carbocycles. The maximum atomic E-state index is 2.48. The van der Waals surface area contributed by atoms with Crippen LogP contribution in [-0.2, 0) is 0 Å². The Morgan fingerprint density at radius 2 is 1.67 bits per heavy atom. The molecule has 4 heteroatoms. The van der Waals surface area contributed by atoms with Crippen LogP contribution in [0.5, 0.6) is 0 Å². The first-order chi connectivity index (χ1) is 3.97. The highest BCUT2D eigenvalue weighted by atomic mass is 79.9. The van der Waals surface area contributed by atoms with E-state index in [-0.39, 0.29) is 17.0 Å². The third-order valence-electron chi connectivity index (χ3n) is 1.43. The van der Waals surface area contributed by atoms with Crippen molar-refractivity contribution >= 4 is 27.9 Å². The fraction of sp³-hybridized carbons (Fsp3) is 0.800. The van der Waals surface area contributed by atoms with Gasteiger partial charge in [-0.05, 0) is 23.5 Å². The molecule has 0 aromatic carbocycles. The van der Waals surface area contributed by atoms with Gasteiger partial charge in [0.15, 0.2) is 13.1 Å². The van der Waals surface area contributed by atoms with E-state index in [1.165, 1.54) is 24.6 Å². The van der Waals surface area contributed by atoms with Crippen molar-refractivity contribution in [1.29, 1.82) is 0 Å². The molecule has 0 N–H and O–H groups in total.